The molecule has 1 aromatic heterocycles. The van der Waals surface area contributed by atoms with E-state index in [1.165, 1.54) is 0 Å². The fourth-order valence-electron chi connectivity index (χ4n) is 3.25. The molecular formula is C19H26N4O2. The van der Waals surface area contributed by atoms with Crippen molar-refractivity contribution in [1.82, 2.24) is 20.4 Å². The van der Waals surface area contributed by atoms with Crippen LogP contribution in [0.25, 0.3) is 0 Å². The summed E-state index contributed by atoms with van der Waals surface area (Å²) in [7, 11) is 1.89. The summed E-state index contributed by atoms with van der Waals surface area (Å²) in [6.45, 7) is 5.95. The maximum absolute atomic E-state index is 12.7. The summed E-state index contributed by atoms with van der Waals surface area (Å²) in [6, 6.07) is 7.87. The quantitative estimate of drug-likeness (QED) is 0.837. The number of nitrogens with zero attached hydrogens (tertiary/aromatic N) is 2. The van der Waals surface area contributed by atoms with Crippen LogP contribution in [0.2, 0.25) is 0 Å². The van der Waals surface area contributed by atoms with Gasteiger partial charge in [-0.3, -0.25) is 9.48 Å². The first-order valence-corrected chi connectivity index (χ1v) is 8.72. The van der Waals surface area contributed by atoms with Gasteiger partial charge in [0.15, 0.2) is 0 Å². The number of aromatic nitrogens is 2. The van der Waals surface area contributed by atoms with E-state index in [4.69, 9.17) is 4.74 Å². The number of hydrogen-bond acceptors (Lipinski definition) is 4. The van der Waals surface area contributed by atoms with Crippen molar-refractivity contribution in [2.45, 2.75) is 25.8 Å². The van der Waals surface area contributed by atoms with Gasteiger partial charge in [-0.2, -0.15) is 5.10 Å². The van der Waals surface area contributed by atoms with Gasteiger partial charge in [-0.25, -0.2) is 0 Å². The number of amides is 1. The molecule has 0 spiro atoms. The Morgan fingerprint density at radius 3 is 3.04 bits per heavy atom. The van der Waals surface area contributed by atoms with Crippen molar-refractivity contribution < 1.29 is 9.53 Å². The van der Waals surface area contributed by atoms with Crippen LogP contribution in [-0.2, 0) is 11.8 Å². The van der Waals surface area contributed by atoms with E-state index in [1.807, 2.05) is 57.6 Å². The van der Waals surface area contributed by atoms with Crippen LogP contribution >= 0.6 is 0 Å². The Morgan fingerprint density at radius 2 is 2.32 bits per heavy atom. The van der Waals surface area contributed by atoms with Gasteiger partial charge in [0.1, 0.15) is 12.4 Å². The van der Waals surface area contributed by atoms with Crippen LogP contribution < -0.4 is 15.4 Å². The Kier molecular flexibility index (Phi) is 5.38. The average Bonchev–Trinajstić information content (AvgIpc) is 3.21. The number of carbonyl (C=O) groups is 1. The van der Waals surface area contributed by atoms with Crippen molar-refractivity contribution in [3.63, 3.8) is 0 Å². The summed E-state index contributed by atoms with van der Waals surface area (Å²) in [5.74, 6) is 0.986. The third kappa shape index (κ3) is 4.39. The lowest BCUT2D eigenvalue weighted by Crippen LogP contribution is -2.42. The van der Waals surface area contributed by atoms with Crippen LogP contribution in [0.15, 0.2) is 36.7 Å². The van der Waals surface area contributed by atoms with Crippen molar-refractivity contribution in [2.75, 3.05) is 19.7 Å². The Morgan fingerprint density at radius 1 is 1.48 bits per heavy atom. The molecule has 25 heavy (non-hydrogen) atoms. The zero-order valence-electron chi connectivity index (χ0n) is 15.0. The molecule has 0 bridgehead atoms. The third-order valence-corrected chi connectivity index (χ3v) is 4.58. The molecule has 1 aliphatic rings. The highest BCUT2D eigenvalue weighted by Gasteiger charge is 2.35. The van der Waals surface area contributed by atoms with E-state index in [9.17, 15) is 4.79 Å². The van der Waals surface area contributed by atoms with E-state index in [1.54, 1.807) is 4.68 Å². The van der Waals surface area contributed by atoms with E-state index >= 15 is 0 Å². The molecule has 6 nitrogen and oxygen atoms in total. The highest BCUT2D eigenvalue weighted by atomic mass is 16.5. The monoisotopic (exact) mass is 342 g/mol. The Balaban J connectivity index is 1.54. The predicted octanol–water partition coefficient (Wildman–Crippen LogP) is 1.62. The van der Waals surface area contributed by atoms with E-state index < -0.39 is 0 Å². The molecule has 6 heteroatoms. The second-order valence-corrected chi connectivity index (χ2v) is 6.86. The minimum Gasteiger partial charge on any atom is -0.491 e. The van der Waals surface area contributed by atoms with Crippen LogP contribution in [-0.4, -0.2) is 41.4 Å². The maximum atomic E-state index is 12.7. The maximum Gasteiger partial charge on any atom is 0.225 e. The first-order chi connectivity index (χ1) is 12.0. The molecule has 0 radical (unpaired) electrons. The molecule has 2 heterocycles. The van der Waals surface area contributed by atoms with Crippen LogP contribution in [0.4, 0.5) is 0 Å². The number of ether oxygens (including phenoxy) is 1. The predicted molar refractivity (Wildman–Crippen MR) is 96.6 cm³/mol. The number of aryl methyl sites for hydroxylation is 2. The molecule has 0 aliphatic carbocycles. The summed E-state index contributed by atoms with van der Waals surface area (Å²) in [6.07, 6.45) is 3.84. The fourth-order valence-corrected chi connectivity index (χ4v) is 3.25. The molecular weight excluding hydrogens is 316 g/mol. The van der Waals surface area contributed by atoms with Gasteiger partial charge in [-0.05, 0) is 37.1 Å². The first-order valence-electron chi connectivity index (χ1n) is 8.72. The largest absolute Gasteiger partial charge is 0.491 e. The Labute approximate surface area is 148 Å². The molecule has 2 aromatic rings. The number of rotatable bonds is 6. The van der Waals surface area contributed by atoms with Gasteiger partial charge in [-0.15, -0.1) is 0 Å². The van der Waals surface area contributed by atoms with E-state index in [2.05, 4.69) is 15.7 Å². The van der Waals surface area contributed by atoms with Gasteiger partial charge in [0, 0.05) is 32.3 Å². The summed E-state index contributed by atoms with van der Waals surface area (Å²) in [5.41, 5.74) is 2.27. The molecule has 1 unspecified atom stereocenters. The standard InChI is InChI=1S/C19H26N4O2/c1-13-5-4-6-16(7-13)25-12-14(2)22-19(24)18-10-20-9-17(18)15-8-21-23(3)11-15/h4-8,11,14,17-18,20H,9-10,12H2,1-3H3,(H,22,24)/t14?,17-,18+/m1/s1. The average molecular weight is 342 g/mol. The van der Waals surface area contributed by atoms with Crippen molar-refractivity contribution in [3.8, 4) is 5.75 Å². The number of hydrogen-bond donors (Lipinski definition) is 2. The molecule has 3 atom stereocenters. The zero-order chi connectivity index (χ0) is 17.8. The molecule has 2 N–H and O–H groups in total. The molecule has 1 saturated heterocycles. The van der Waals surface area contributed by atoms with E-state index in [-0.39, 0.29) is 23.8 Å². The smallest absolute Gasteiger partial charge is 0.225 e. The number of carbonyl (C=O) groups excluding carboxylic acids is 1. The summed E-state index contributed by atoms with van der Waals surface area (Å²) >= 11 is 0. The minimum absolute atomic E-state index is 0.0526. The van der Waals surface area contributed by atoms with Gasteiger partial charge in [-0.1, -0.05) is 12.1 Å². The first kappa shape index (κ1) is 17.5. The summed E-state index contributed by atoms with van der Waals surface area (Å²) in [5, 5.41) is 10.6. The lowest BCUT2D eigenvalue weighted by atomic mass is 9.90. The van der Waals surface area contributed by atoms with Gasteiger partial charge in [0.25, 0.3) is 0 Å². The molecule has 3 rings (SSSR count). The SMILES string of the molecule is Cc1cccc(OCC(C)NC(=O)[C@H]2CNC[C@@H]2c2cnn(C)c2)c1. The Bertz CT molecular complexity index is 728. The highest BCUT2D eigenvalue weighted by Crippen LogP contribution is 2.28. The molecule has 1 aromatic carbocycles. The van der Waals surface area contributed by atoms with Gasteiger partial charge in [0.05, 0.1) is 18.2 Å². The van der Waals surface area contributed by atoms with Crippen LogP contribution in [0, 0.1) is 12.8 Å². The second-order valence-electron chi connectivity index (χ2n) is 6.86. The Hall–Kier alpha value is -2.34. The van der Waals surface area contributed by atoms with Gasteiger partial charge in [0.2, 0.25) is 5.91 Å². The van der Waals surface area contributed by atoms with Crippen molar-refractivity contribution in [2.24, 2.45) is 13.0 Å². The zero-order valence-corrected chi connectivity index (χ0v) is 15.0. The van der Waals surface area contributed by atoms with Crippen LogP contribution in [0.1, 0.15) is 24.0 Å². The highest BCUT2D eigenvalue weighted by molar-refractivity contribution is 5.80. The minimum atomic E-state index is -0.0781. The fraction of sp³-hybridized carbons (Fsp3) is 0.474. The van der Waals surface area contributed by atoms with Crippen molar-refractivity contribution >= 4 is 5.91 Å². The number of benzene rings is 1. The normalized spacial score (nSPS) is 21.1. The van der Waals surface area contributed by atoms with Crippen LogP contribution in [0.3, 0.4) is 0 Å². The van der Waals surface area contributed by atoms with Crippen molar-refractivity contribution in [3.05, 3.63) is 47.8 Å². The summed E-state index contributed by atoms with van der Waals surface area (Å²) in [4.78, 5) is 12.7. The number of nitrogens with one attached hydrogen (secondary N) is 2. The molecule has 0 saturated carbocycles. The van der Waals surface area contributed by atoms with Crippen molar-refractivity contribution in [1.29, 1.82) is 0 Å². The summed E-state index contributed by atoms with van der Waals surface area (Å²) < 4.78 is 7.56. The second kappa shape index (κ2) is 7.70. The lowest BCUT2D eigenvalue weighted by molar-refractivity contribution is -0.125. The third-order valence-electron chi connectivity index (χ3n) is 4.58. The van der Waals surface area contributed by atoms with E-state index in [0.29, 0.717) is 13.2 Å². The topological polar surface area (TPSA) is 68.2 Å². The molecule has 134 valence electrons. The van der Waals surface area contributed by atoms with E-state index in [0.717, 1.165) is 23.4 Å². The molecule has 1 aliphatic heterocycles. The van der Waals surface area contributed by atoms with Crippen LogP contribution in [0.5, 0.6) is 5.75 Å². The van der Waals surface area contributed by atoms with Gasteiger partial charge < -0.3 is 15.4 Å². The lowest BCUT2D eigenvalue weighted by Gasteiger charge is -2.21. The molecule has 1 amide bonds. The molecule has 1 fully saturated rings. The van der Waals surface area contributed by atoms with Gasteiger partial charge >= 0.3 is 0 Å².